The fraction of sp³-hybridized carbons (Fsp3) is 0.600. The topological polar surface area (TPSA) is 139 Å². The summed E-state index contributed by atoms with van der Waals surface area (Å²) in [7, 11) is 0. The van der Waals surface area contributed by atoms with E-state index in [9.17, 15) is 34.5 Å². The minimum atomic E-state index is -1.01. The van der Waals surface area contributed by atoms with Crippen molar-refractivity contribution in [3.63, 3.8) is 0 Å². The normalized spacial score (nSPS) is 18.9. The maximum atomic E-state index is 12.5. The van der Waals surface area contributed by atoms with Gasteiger partial charge in [-0.05, 0) is 17.4 Å². The van der Waals surface area contributed by atoms with Gasteiger partial charge in [0.05, 0.1) is 19.6 Å². The number of benzene rings is 1. The summed E-state index contributed by atoms with van der Waals surface area (Å²) in [6.07, 6.45) is 0.897. The van der Waals surface area contributed by atoms with Crippen LogP contribution in [0.2, 0.25) is 0 Å². The number of carboxylic acids is 3. The largest absolute Gasteiger partial charge is 0.480 e. The summed E-state index contributed by atoms with van der Waals surface area (Å²) in [5.74, 6) is -2.94. The fourth-order valence-electron chi connectivity index (χ4n) is 4.29. The minimum absolute atomic E-state index is 0.0603. The van der Waals surface area contributed by atoms with E-state index in [2.05, 4.69) is 0 Å². The molecule has 1 atom stereocenters. The first-order valence-electron chi connectivity index (χ1n) is 11.8. The Morgan fingerprint density at radius 2 is 1.31 bits per heavy atom. The third-order valence-corrected chi connectivity index (χ3v) is 5.92. The molecule has 1 heterocycles. The lowest BCUT2D eigenvalue weighted by atomic mass is 9.87. The van der Waals surface area contributed by atoms with Crippen LogP contribution in [0.5, 0.6) is 0 Å². The Balaban J connectivity index is 2.26. The first-order chi connectivity index (χ1) is 16.3. The van der Waals surface area contributed by atoms with Gasteiger partial charge in [0.2, 0.25) is 0 Å². The lowest BCUT2D eigenvalue weighted by Crippen LogP contribution is -2.49. The molecule has 0 saturated carbocycles. The SMILES string of the molecule is CC(C)(C)CC(=O)c1ccc(CC2CN(CC(=O)O)CCN(CC(=O)O)CCN2CC(=O)O)cc1. The van der Waals surface area contributed by atoms with Crippen molar-refractivity contribution in [1.29, 1.82) is 0 Å². The number of carbonyl (C=O) groups excluding carboxylic acids is 1. The molecular formula is C25H37N3O7. The Morgan fingerprint density at radius 3 is 1.86 bits per heavy atom. The van der Waals surface area contributed by atoms with Crippen molar-refractivity contribution in [1.82, 2.24) is 14.7 Å². The third-order valence-electron chi connectivity index (χ3n) is 5.92. The zero-order valence-electron chi connectivity index (χ0n) is 20.8. The second kappa shape index (κ2) is 12.8. The molecule has 0 radical (unpaired) electrons. The summed E-state index contributed by atoms with van der Waals surface area (Å²) in [5, 5.41) is 28.1. The van der Waals surface area contributed by atoms with Gasteiger partial charge in [-0.15, -0.1) is 0 Å². The number of ketones is 1. The average molecular weight is 492 g/mol. The first kappa shape index (κ1) is 28.4. The summed E-state index contributed by atoms with van der Waals surface area (Å²) in [6.45, 7) is 7.12. The number of hydrogen-bond acceptors (Lipinski definition) is 7. The quantitative estimate of drug-likeness (QED) is 0.412. The molecule has 1 unspecified atom stereocenters. The molecule has 0 spiro atoms. The molecule has 0 aromatic heterocycles. The van der Waals surface area contributed by atoms with Crippen LogP contribution in [0, 0.1) is 5.41 Å². The Bertz CT molecular complexity index is 895. The van der Waals surface area contributed by atoms with E-state index in [1.807, 2.05) is 32.9 Å². The van der Waals surface area contributed by atoms with Crippen molar-refractivity contribution in [3.8, 4) is 0 Å². The molecular weight excluding hydrogens is 454 g/mol. The highest BCUT2D eigenvalue weighted by Crippen LogP contribution is 2.22. The van der Waals surface area contributed by atoms with Gasteiger partial charge >= 0.3 is 17.9 Å². The van der Waals surface area contributed by atoms with E-state index >= 15 is 0 Å². The summed E-state index contributed by atoms with van der Waals surface area (Å²) in [5.41, 5.74) is 1.42. The molecule has 1 aromatic rings. The van der Waals surface area contributed by atoms with Crippen LogP contribution in [0.3, 0.4) is 0 Å². The Morgan fingerprint density at radius 1 is 0.800 bits per heavy atom. The molecule has 35 heavy (non-hydrogen) atoms. The van der Waals surface area contributed by atoms with Crippen molar-refractivity contribution in [2.24, 2.45) is 5.41 Å². The van der Waals surface area contributed by atoms with Crippen LogP contribution in [-0.4, -0.2) is 112 Å². The zero-order chi connectivity index (χ0) is 26.2. The highest BCUT2D eigenvalue weighted by Gasteiger charge is 2.28. The first-order valence-corrected chi connectivity index (χ1v) is 11.8. The van der Waals surface area contributed by atoms with Crippen molar-refractivity contribution < 1.29 is 34.5 Å². The van der Waals surface area contributed by atoms with Gasteiger partial charge in [0.1, 0.15) is 0 Å². The van der Waals surface area contributed by atoms with Gasteiger partial charge in [0, 0.05) is 50.7 Å². The molecule has 0 aliphatic carbocycles. The summed E-state index contributed by atoms with van der Waals surface area (Å²) < 4.78 is 0. The molecule has 1 saturated heterocycles. The van der Waals surface area contributed by atoms with Gasteiger partial charge in [-0.1, -0.05) is 45.0 Å². The number of Topliss-reactive ketones (excluding diaryl/α,β-unsaturated/α-hetero) is 1. The number of nitrogens with zero attached hydrogens (tertiary/aromatic N) is 3. The molecule has 1 aliphatic rings. The maximum absolute atomic E-state index is 12.5. The monoisotopic (exact) mass is 491 g/mol. The van der Waals surface area contributed by atoms with Gasteiger partial charge in [0.15, 0.2) is 5.78 Å². The molecule has 1 aliphatic heterocycles. The molecule has 0 bridgehead atoms. The van der Waals surface area contributed by atoms with E-state index in [-0.39, 0.29) is 36.9 Å². The predicted molar refractivity (Wildman–Crippen MR) is 130 cm³/mol. The lowest BCUT2D eigenvalue weighted by Gasteiger charge is -2.33. The van der Waals surface area contributed by atoms with Crippen LogP contribution in [0.4, 0.5) is 0 Å². The van der Waals surface area contributed by atoms with Crippen LogP contribution in [0.15, 0.2) is 24.3 Å². The number of carbonyl (C=O) groups is 4. The number of hydrogen-bond donors (Lipinski definition) is 3. The molecule has 1 aromatic carbocycles. The molecule has 10 heteroatoms. The van der Waals surface area contributed by atoms with Crippen molar-refractivity contribution in [3.05, 3.63) is 35.4 Å². The standard InChI is InChI=1S/C25H37N3O7/c1-25(2,3)13-21(29)19-6-4-18(5-7-19)12-20-14-27(16-23(32)33)9-8-26(15-22(30)31)10-11-28(20)17-24(34)35/h4-7,20H,8-17H2,1-3H3,(H,30,31)(H,32,33)(H,34,35). The van der Waals surface area contributed by atoms with Crippen molar-refractivity contribution in [2.75, 3.05) is 52.4 Å². The van der Waals surface area contributed by atoms with E-state index < -0.39 is 17.9 Å². The Kier molecular flexibility index (Phi) is 10.4. The molecule has 0 amide bonds. The van der Waals surface area contributed by atoms with Crippen molar-refractivity contribution in [2.45, 2.75) is 39.7 Å². The van der Waals surface area contributed by atoms with E-state index in [1.165, 1.54) is 0 Å². The molecule has 3 N–H and O–H groups in total. The number of carboxylic acid groups (broad SMARTS) is 3. The highest BCUT2D eigenvalue weighted by atomic mass is 16.4. The van der Waals surface area contributed by atoms with Crippen LogP contribution in [-0.2, 0) is 20.8 Å². The van der Waals surface area contributed by atoms with Gasteiger partial charge in [-0.3, -0.25) is 33.9 Å². The highest BCUT2D eigenvalue weighted by molar-refractivity contribution is 5.96. The van der Waals surface area contributed by atoms with Gasteiger partial charge in [-0.2, -0.15) is 0 Å². The second-order valence-electron chi connectivity index (χ2n) is 10.4. The van der Waals surface area contributed by atoms with E-state index in [0.717, 1.165) is 5.56 Å². The molecule has 10 nitrogen and oxygen atoms in total. The van der Waals surface area contributed by atoms with E-state index in [1.54, 1.807) is 26.8 Å². The Hall–Kier alpha value is -2.82. The summed E-state index contributed by atoms with van der Waals surface area (Å²) in [6, 6.07) is 6.98. The second-order valence-corrected chi connectivity index (χ2v) is 10.4. The van der Waals surface area contributed by atoms with Crippen LogP contribution >= 0.6 is 0 Å². The van der Waals surface area contributed by atoms with E-state index in [0.29, 0.717) is 51.1 Å². The molecule has 2 rings (SSSR count). The smallest absolute Gasteiger partial charge is 0.317 e. The Labute approximate surface area is 206 Å². The van der Waals surface area contributed by atoms with Crippen LogP contribution in [0.25, 0.3) is 0 Å². The third kappa shape index (κ3) is 10.5. The average Bonchev–Trinajstić information content (AvgIpc) is 2.78. The van der Waals surface area contributed by atoms with Crippen LogP contribution < -0.4 is 0 Å². The summed E-state index contributed by atoms with van der Waals surface area (Å²) in [4.78, 5) is 52.0. The van der Waals surface area contributed by atoms with Gasteiger partial charge < -0.3 is 15.3 Å². The molecule has 194 valence electrons. The maximum Gasteiger partial charge on any atom is 0.317 e. The van der Waals surface area contributed by atoms with Crippen molar-refractivity contribution >= 4 is 23.7 Å². The molecule has 1 fully saturated rings. The number of aliphatic carboxylic acids is 3. The zero-order valence-corrected chi connectivity index (χ0v) is 20.8. The fourth-order valence-corrected chi connectivity index (χ4v) is 4.29. The van der Waals surface area contributed by atoms with Gasteiger partial charge in [0.25, 0.3) is 0 Å². The minimum Gasteiger partial charge on any atom is -0.480 e. The predicted octanol–water partition coefficient (Wildman–Crippen LogP) is 1.39. The lowest BCUT2D eigenvalue weighted by molar-refractivity contribution is -0.140. The summed E-state index contributed by atoms with van der Waals surface area (Å²) >= 11 is 0. The van der Waals surface area contributed by atoms with E-state index in [4.69, 9.17) is 0 Å². The number of rotatable bonds is 10. The van der Waals surface area contributed by atoms with Gasteiger partial charge in [-0.25, -0.2) is 0 Å². The van der Waals surface area contributed by atoms with Crippen LogP contribution in [0.1, 0.15) is 43.1 Å².